The molecule has 0 atom stereocenters. The SMILES string of the molecule is O=C(O)/C=C/c1ccc(Br)cc1N1CCCCCCC1. The van der Waals surface area contributed by atoms with E-state index in [1.165, 1.54) is 38.2 Å². The fraction of sp³-hybridized carbons (Fsp3) is 0.438. The summed E-state index contributed by atoms with van der Waals surface area (Å²) in [4.78, 5) is 13.1. The molecule has 1 heterocycles. The minimum Gasteiger partial charge on any atom is -0.478 e. The molecule has 0 spiro atoms. The van der Waals surface area contributed by atoms with Crippen LogP contribution in [-0.2, 0) is 4.79 Å². The van der Waals surface area contributed by atoms with Crippen molar-refractivity contribution in [3.63, 3.8) is 0 Å². The smallest absolute Gasteiger partial charge is 0.328 e. The Morgan fingerprint density at radius 3 is 2.45 bits per heavy atom. The zero-order valence-electron chi connectivity index (χ0n) is 11.5. The molecule has 1 aromatic rings. The largest absolute Gasteiger partial charge is 0.478 e. The van der Waals surface area contributed by atoms with Crippen LogP contribution < -0.4 is 4.90 Å². The molecule has 20 heavy (non-hydrogen) atoms. The second kappa shape index (κ2) is 7.48. The maximum Gasteiger partial charge on any atom is 0.328 e. The topological polar surface area (TPSA) is 40.5 Å². The standard InChI is InChI=1S/C16H20BrNO2/c17-14-8-6-13(7-9-16(19)20)15(12-14)18-10-4-2-1-3-5-11-18/h6-9,12H,1-5,10-11H2,(H,19,20)/b9-7+. The van der Waals surface area contributed by atoms with E-state index < -0.39 is 5.97 Å². The van der Waals surface area contributed by atoms with Gasteiger partial charge in [0.2, 0.25) is 0 Å². The lowest BCUT2D eigenvalue weighted by molar-refractivity contribution is -0.131. The highest BCUT2D eigenvalue weighted by atomic mass is 79.9. The third kappa shape index (κ3) is 4.37. The van der Waals surface area contributed by atoms with Crippen LogP contribution in [0.15, 0.2) is 28.7 Å². The summed E-state index contributed by atoms with van der Waals surface area (Å²) in [6, 6.07) is 6.01. The Morgan fingerprint density at radius 2 is 1.80 bits per heavy atom. The Hall–Kier alpha value is -1.29. The van der Waals surface area contributed by atoms with Gasteiger partial charge in [0.05, 0.1) is 0 Å². The maximum atomic E-state index is 10.7. The number of anilines is 1. The average Bonchev–Trinajstić information content (AvgIpc) is 2.37. The fourth-order valence-electron chi connectivity index (χ4n) is 2.58. The Morgan fingerprint density at radius 1 is 1.15 bits per heavy atom. The summed E-state index contributed by atoms with van der Waals surface area (Å²) < 4.78 is 1.03. The number of carboxylic acids is 1. The lowest BCUT2D eigenvalue weighted by atomic mass is 10.1. The molecule has 1 aromatic carbocycles. The van der Waals surface area contributed by atoms with Crippen molar-refractivity contribution in [1.29, 1.82) is 0 Å². The van der Waals surface area contributed by atoms with Crippen LogP contribution in [0.1, 0.15) is 37.7 Å². The molecule has 1 aliphatic heterocycles. The summed E-state index contributed by atoms with van der Waals surface area (Å²) in [7, 11) is 0. The summed E-state index contributed by atoms with van der Waals surface area (Å²) in [5.41, 5.74) is 2.09. The zero-order chi connectivity index (χ0) is 14.4. The minimum atomic E-state index is -0.911. The molecule has 1 N–H and O–H groups in total. The number of rotatable bonds is 3. The number of carboxylic acid groups (broad SMARTS) is 1. The van der Waals surface area contributed by atoms with E-state index >= 15 is 0 Å². The fourth-order valence-corrected chi connectivity index (χ4v) is 2.93. The molecule has 0 unspecified atom stereocenters. The van der Waals surface area contributed by atoms with Gasteiger partial charge in [-0.05, 0) is 36.6 Å². The van der Waals surface area contributed by atoms with Gasteiger partial charge in [-0.1, -0.05) is 41.3 Å². The normalized spacial score (nSPS) is 16.9. The monoisotopic (exact) mass is 337 g/mol. The summed E-state index contributed by atoms with van der Waals surface area (Å²) >= 11 is 3.51. The highest BCUT2D eigenvalue weighted by Gasteiger charge is 2.12. The van der Waals surface area contributed by atoms with Gasteiger partial charge in [-0.3, -0.25) is 0 Å². The van der Waals surface area contributed by atoms with Gasteiger partial charge in [-0.15, -0.1) is 0 Å². The molecule has 0 saturated carbocycles. The van der Waals surface area contributed by atoms with Gasteiger partial charge in [-0.2, -0.15) is 0 Å². The van der Waals surface area contributed by atoms with E-state index in [0.29, 0.717) is 0 Å². The van der Waals surface area contributed by atoms with Crippen LogP contribution in [0.5, 0.6) is 0 Å². The van der Waals surface area contributed by atoms with Crippen molar-refractivity contribution >= 4 is 33.7 Å². The van der Waals surface area contributed by atoms with Gasteiger partial charge < -0.3 is 10.0 Å². The highest BCUT2D eigenvalue weighted by Crippen LogP contribution is 2.28. The molecule has 0 aromatic heterocycles. The summed E-state index contributed by atoms with van der Waals surface area (Å²) in [5.74, 6) is -0.911. The van der Waals surface area contributed by atoms with Crippen molar-refractivity contribution in [3.05, 3.63) is 34.3 Å². The number of hydrogen-bond acceptors (Lipinski definition) is 2. The summed E-state index contributed by atoms with van der Waals surface area (Å²) in [6.45, 7) is 2.09. The molecule has 2 rings (SSSR count). The molecule has 0 amide bonds. The van der Waals surface area contributed by atoms with Gasteiger partial charge in [-0.25, -0.2) is 4.79 Å². The highest BCUT2D eigenvalue weighted by molar-refractivity contribution is 9.10. The predicted octanol–water partition coefficient (Wildman–Crippen LogP) is 4.32. The Kier molecular flexibility index (Phi) is 5.65. The van der Waals surface area contributed by atoms with Gasteiger partial charge in [0.1, 0.15) is 0 Å². The third-order valence-corrected chi connectivity index (χ3v) is 4.09. The van der Waals surface area contributed by atoms with Crippen LogP contribution in [0.4, 0.5) is 5.69 Å². The van der Waals surface area contributed by atoms with Gasteiger partial charge in [0.25, 0.3) is 0 Å². The van der Waals surface area contributed by atoms with Gasteiger partial charge in [0.15, 0.2) is 0 Å². The average molecular weight is 338 g/mol. The molecule has 3 nitrogen and oxygen atoms in total. The summed E-state index contributed by atoms with van der Waals surface area (Å²) in [6.07, 6.45) is 9.19. The van der Waals surface area contributed by atoms with Crippen molar-refractivity contribution in [2.45, 2.75) is 32.1 Å². The molecule has 108 valence electrons. The number of nitrogens with zero attached hydrogens (tertiary/aromatic N) is 1. The third-order valence-electron chi connectivity index (χ3n) is 3.59. The first-order chi connectivity index (χ1) is 9.66. The number of halogens is 1. The van der Waals surface area contributed by atoms with Gasteiger partial charge >= 0.3 is 5.97 Å². The quantitative estimate of drug-likeness (QED) is 0.835. The Bertz CT molecular complexity index is 491. The molecule has 1 saturated heterocycles. The maximum absolute atomic E-state index is 10.7. The van der Waals surface area contributed by atoms with E-state index in [9.17, 15) is 4.79 Å². The second-order valence-corrected chi connectivity index (χ2v) is 6.05. The number of aliphatic carboxylic acids is 1. The predicted molar refractivity (Wildman–Crippen MR) is 86.1 cm³/mol. The number of carbonyl (C=O) groups is 1. The van der Waals surface area contributed by atoms with E-state index in [2.05, 4.69) is 26.9 Å². The molecular formula is C16H20BrNO2. The van der Waals surface area contributed by atoms with Crippen LogP contribution in [0.2, 0.25) is 0 Å². The Labute approximate surface area is 128 Å². The molecule has 0 radical (unpaired) electrons. The van der Waals surface area contributed by atoms with E-state index in [-0.39, 0.29) is 0 Å². The van der Waals surface area contributed by atoms with Crippen LogP contribution >= 0.6 is 15.9 Å². The van der Waals surface area contributed by atoms with Crippen LogP contribution in [0, 0.1) is 0 Å². The van der Waals surface area contributed by atoms with Crippen LogP contribution in [-0.4, -0.2) is 24.2 Å². The summed E-state index contributed by atoms with van der Waals surface area (Å²) in [5, 5.41) is 8.80. The zero-order valence-corrected chi connectivity index (χ0v) is 13.1. The Balaban J connectivity index is 2.26. The van der Waals surface area contributed by atoms with E-state index in [4.69, 9.17) is 5.11 Å². The minimum absolute atomic E-state index is 0.911. The molecule has 0 aliphatic carbocycles. The van der Waals surface area contributed by atoms with E-state index in [1.807, 2.05) is 12.1 Å². The molecule has 0 bridgehead atoms. The van der Waals surface area contributed by atoms with E-state index in [0.717, 1.165) is 28.8 Å². The van der Waals surface area contributed by atoms with Gasteiger partial charge in [0, 0.05) is 29.3 Å². The number of benzene rings is 1. The second-order valence-electron chi connectivity index (χ2n) is 5.13. The molecule has 1 fully saturated rings. The van der Waals surface area contributed by atoms with Crippen LogP contribution in [0.25, 0.3) is 6.08 Å². The number of hydrogen-bond donors (Lipinski definition) is 1. The van der Waals surface area contributed by atoms with E-state index in [1.54, 1.807) is 6.08 Å². The van der Waals surface area contributed by atoms with Crippen molar-refractivity contribution < 1.29 is 9.90 Å². The molecular weight excluding hydrogens is 318 g/mol. The first-order valence-electron chi connectivity index (χ1n) is 7.12. The lowest BCUT2D eigenvalue weighted by Gasteiger charge is -2.28. The molecule has 4 heteroatoms. The first-order valence-corrected chi connectivity index (χ1v) is 7.91. The van der Waals surface area contributed by atoms with Crippen LogP contribution in [0.3, 0.4) is 0 Å². The van der Waals surface area contributed by atoms with Crippen molar-refractivity contribution in [2.75, 3.05) is 18.0 Å². The first kappa shape index (κ1) is 15.1. The molecule has 1 aliphatic rings. The van der Waals surface area contributed by atoms with Crippen molar-refractivity contribution in [3.8, 4) is 0 Å². The van der Waals surface area contributed by atoms with Crippen molar-refractivity contribution in [1.82, 2.24) is 0 Å². The van der Waals surface area contributed by atoms with Crippen molar-refractivity contribution in [2.24, 2.45) is 0 Å². The lowest BCUT2D eigenvalue weighted by Crippen LogP contribution is -2.27.